The molecular weight excluding hydrogens is 857 g/mol. The third kappa shape index (κ3) is 15.5. The normalized spacial score (nSPS) is 14.8. The van der Waals surface area contributed by atoms with E-state index in [1.54, 1.807) is 43.4 Å². The molecule has 0 saturated carbocycles. The molecule has 4 atom stereocenters. The maximum absolute atomic E-state index is 14.6. The molecule has 4 rings (SSSR count). The van der Waals surface area contributed by atoms with Gasteiger partial charge in [0.05, 0.1) is 13.0 Å². The Bertz CT molecular complexity index is 2250. The van der Waals surface area contributed by atoms with E-state index in [1.807, 2.05) is 6.07 Å². The van der Waals surface area contributed by atoms with Crippen molar-refractivity contribution in [1.82, 2.24) is 41.4 Å². The fourth-order valence-electron chi connectivity index (χ4n) is 7.46. The molecule has 0 spiro atoms. The highest BCUT2D eigenvalue weighted by molar-refractivity contribution is 5.99. The first-order valence-electron chi connectivity index (χ1n) is 21.5. The maximum atomic E-state index is 14.6. The number of carbonyl (C=O) groups excluding carboxylic acids is 9. The molecule has 9 amide bonds. The van der Waals surface area contributed by atoms with Crippen molar-refractivity contribution in [1.29, 1.82) is 0 Å². The molecule has 21 heteroatoms. The Morgan fingerprint density at radius 2 is 1.39 bits per heavy atom. The zero-order chi connectivity index (χ0) is 48.6. The van der Waals surface area contributed by atoms with E-state index in [2.05, 4.69) is 31.6 Å². The van der Waals surface area contributed by atoms with Crippen molar-refractivity contribution in [2.45, 2.75) is 94.9 Å². The molecule has 0 unspecified atom stereocenters. The van der Waals surface area contributed by atoms with Crippen LogP contribution in [0.2, 0.25) is 0 Å². The summed E-state index contributed by atoms with van der Waals surface area (Å²) >= 11 is 0. The summed E-state index contributed by atoms with van der Waals surface area (Å²) in [7, 11) is 2.92. The van der Waals surface area contributed by atoms with Crippen molar-refractivity contribution >= 4 is 63.9 Å². The molecule has 0 aliphatic carbocycles. The lowest BCUT2D eigenvalue weighted by Gasteiger charge is -2.38. The van der Waals surface area contributed by atoms with E-state index in [-0.39, 0.29) is 63.4 Å². The van der Waals surface area contributed by atoms with Crippen molar-refractivity contribution in [2.75, 3.05) is 40.4 Å². The summed E-state index contributed by atoms with van der Waals surface area (Å²) in [4.78, 5) is 125. The Hall–Kier alpha value is -7.16. The van der Waals surface area contributed by atoms with Crippen LogP contribution in [0.15, 0.2) is 60.9 Å². The molecule has 1 fully saturated rings. The molecule has 66 heavy (non-hydrogen) atoms. The van der Waals surface area contributed by atoms with Gasteiger partial charge in [0.25, 0.3) is 0 Å². The fraction of sp³-hybridized carbons (Fsp3) is 0.467. The van der Waals surface area contributed by atoms with Crippen LogP contribution in [0.4, 0.5) is 0 Å². The molecule has 10 N–H and O–H groups in total. The number of unbranched alkanes of at least 4 members (excludes halogenated alkanes) is 1. The van der Waals surface area contributed by atoms with E-state index in [0.717, 1.165) is 15.7 Å². The number of amides is 9. The van der Waals surface area contributed by atoms with E-state index in [0.29, 0.717) is 24.1 Å². The number of primary amides is 2. The quantitative estimate of drug-likeness (QED) is 0.0522. The van der Waals surface area contributed by atoms with Gasteiger partial charge in [-0.15, -0.1) is 0 Å². The van der Waals surface area contributed by atoms with Gasteiger partial charge in [-0.3, -0.25) is 48.1 Å². The van der Waals surface area contributed by atoms with Crippen LogP contribution in [0.5, 0.6) is 5.75 Å². The summed E-state index contributed by atoms with van der Waals surface area (Å²) in [6, 6.07) is 7.97. The topological polar surface area (TPSA) is 315 Å². The monoisotopic (exact) mass is 916 g/mol. The molecule has 2 heterocycles. The van der Waals surface area contributed by atoms with Crippen LogP contribution in [0.1, 0.15) is 63.5 Å². The number of carbonyl (C=O) groups is 9. The number of aromatic hydroxyl groups is 1. The number of ether oxygens (including phenoxy) is 1. The minimum absolute atomic E-state index is 0.0160. The largest absolute Gasteiger partial charge is 0.508 e. The van der Waals surface area contributed by atoms with Crippen LogP contribution >= 0.6 is 0 Å². The van der Waals surface area contributed by atoms with Crippen molar-refractivity contribution in [3.8, 4) is 5.75 Å². The van der Waals surface area contributed by atoms with Crippen LogP contribution in [-0.2, 0) is 60.7 Å². The summed E-state index contributed by atoms with van der Waals surface area (Å²) in [6.07, 6.45) is 2.84. The molecular formula is C45H60N10O11. The number of fused-ring (bicyclic) bond motifs is 1. The first-order chi connectivity index (χ1) is 31.3. The smallest absolute Gasteiger partial charge is 0.246 e. The second-order valence-electron chi connectivity index (χ2n) is 16.5. The minimum atomic E-state index is -1.65. The maximum Gasteiger partial charge on any atom is 0.246 e. The SMILES string of the molecule is CC(=O)N[C@@H](Cc1ccc2cc(O)ccc2c1)C(=O)NC1(C(=O)N[C@@H](CCCCN(C)C(C)=O)C(=O)N[C@@H](CC(N)=O)C(=O)N[C@@H](Cc2cccnc2)C(=O)N(C)CC(N)=O)CCOCC1. The number of hydrogen-bond acceptors (Lipinski definition) is 12. The van der Waals surface area contributed by atoms with Gasteiger partial charge in [0.15, 0.2) is 0 Å². The average molecular weight is 917 g/mol. The highest BCUT2D eigenvalue weighted by Crippen LogP contribution is 2.24. The van der Waals surface area contributed by atoms with E-state index >= 15 is 0 Å². The number of nitrogens with two attached hydrogens (primary N) is 2. The molecule has 0 bridgehead atoms. The number of benzene rings is 2. The predicted octanol–water partition coefficient (Wildman–Crippen LogP) is -1.18. The van der Waals surface area contributed by atoms with Gasteiger partial charge >= 0.3 is 0 Å². The molecule has 356 valence electrons. The molecule has 1 aliphatic heterocycles. The predicted molar refractivity (Wildman–Crippen MR) is 239 cm³/mol. The Morgan fingerprint density at radius 3 is 2.03 bits per heavy atom. The van der Waals surface area contributed by atoms with Gasteiger partial charge in [-0.1, -0.05) is 30.3 Å². The molecule has 1 saturated heterocycles. The van der Waals surface area contributed by atoms with Crippen LogP contribution in [0.3, 0.4) is 0 Å². The van der Waals surface area contributed by atoms with E-state index in [9.17, 15) is 48.3 Å². The van der Waals surface area contributed by atoms with Gasteiger partial charge in [0, 0.05) is 85.8 Å². The van der Waals surface area contributed by atoms with Crippen molar-refractivity contribution in [3.63, 3.8) is 0 Å². The number of hydrogen-bond donors (Lipinski definition) is 8. The van der Waals surface area contributed by atoms with E-state index in [4.69, 9.17) is 16.2 Å². The third-order valence-corrected chi connectivity index (χ3v) is 11.1. The summed E-state index contributed by atoms with van der Waals surface area (Å²) in [6.45, 7) is 2.62. The standard InChI is InChI=1S/C45H60N10O11/c1-27(56)49-35(21-29-10-11-32-23-33(58)13-12-31(32)20-29)42(63)53-45(14-18-66-19-15-45)44(65)52-34(9-5-6-17-54(3)28(2)57)40(61)50-36(24-38(46)59)41(62)51-37(22-30-8-7-16-48-25-30)43(64)55(4)26-39(47)60/h7-8,10-13,16,20,23,25,34-37,58H,5-6,9,14-15,17-19,21-22,24,26H2,1-4H3,(H2,46,59)(H2,47,60)(H,49,56)(H,50,61)(H,51,62)(H,52,65)(H,53,63)/t34-,35-,36-,37-/m0/s1. The highest BCUT2D eigenvalue weighted by Gasteiger charge is 2.44. The minimum Gasteiger partial charge on any atom is -0.508 e. The van der Waals surface area contributed by atoms with Gasteiger partial charge < -0.3 is 57.7 Å². The van der Waals surface area contributed by atoms with Gasteiger partial charge in [0.2, 0.25) is 53.2 Å². The molecule has 2 aromatic carbocycles. The lowest BCUT2D eigenvalue weighted by Crippen LogP contribution is -2.66. The number of likely N-dealkylation sites (N-methyl/N-ethyl adjacent to an activating group) is 1. The molecule has 0 radical (unpaired) electrons. The van der Waals surface area contributed by atoms with Gasteiger partial charge in [0.1, 0.15) is 35.5 Å². The summed E-state index contributed by atoms with van der Waals surface area (Å²) in [5, 5.41) is 24.8. The summed E-state index contributed by atoms with van der Waals surface area (Å²) in [5.41, 5.74) is 10.4. The van der Waals surface area contributed by atoms with E-state index in [1.165, 1.54) is 44.3 Å². The number of nitrogens with zero attached hydrogens (tertiary/aromatic N) is 3. The number of nitrogens with one attached hydrogen (secondary N) is 5. The Labute approximate surface area is 382 Å². The Morgan fingerprint density at radius 1 is 0.742 bits per heavy atom. The Kier molecular flexibility index (Phi) is 18.9. The molecule has 1 aromatic heterocycles. The third-order valence-electron chi connectivity index (χ3n) is 11.1. The van der Waals surface area contributed by atoms with Crippen molar-refractivity contribution in [3.05, 3.63) is 72.1 Å². The van der Waals surface area contributed by atoms with Crippen LogP contribution in [0, 0.1) is 0 Å². The summed E-state index contributed by atoms with van der Waals surface area (Å²) in [5.74, 6) is -6.43. The van der Waals surface area contributed by atoms with Crippen LogP contribution in [0.25, 0.3) is 10.8 Å². The lowest BCUT2D eigenvalue weighted by atomic mass is 9.87. The first kappa shape index (κ1) is 51.5. The zero-order valence-electron chi connectivity index (χ0n) is 37.6. The Balaban J connectivity index is 1.60. The first-order valence-corrected chi connectivity index (χ1v) is 21.5. The summed E-state index contributed by atoms with van der Waals surface area (Å²) < 4.78 is 5.56. The van der Waals surface area contributed by atoms with Gasteiger partial charge in [-0.25, -0.2) is 0 Å². The average Bonchev–Trinajstić information content (AvgIpc) is 3.26. The molecule has 3 aromatic rings. The van der Waals surface area contributed by atoms with Crippen LogP contribution < -0.4 is 38.1 Å². The molecule has 1 aliphatic rings. The van der Waals surface area contributed by atoms with Gasteiger partial charge in [-0.2, -0.15) is 0 Å². The second-order valence-corrected chi connectivity index (χ2v) is 16.5. The number of rotatable bonds is 23. The molecule has 21 nitrogen and oxygen atoms in total. The lowest BCUT2D eigenvalue weighted by molar-refractivity contribution is -0.141. The zero-order valence-corrected chi connectivity index (χ0v) is 37.6. The number of pyridine rings is 1. The second kappa shape index (κ2) is 24.2. The number of aromatic nitrogens is 1. The fourth-order valence-corrected chi connectivity index (χ4v) is 7.46. The van der Waals surface area contributed by atoms with Crippen LogP contribution in [-0.4, -0.2) is 143 Å². The number of phenolic OH excluding ortho intramolecular Hbond substituents is 1. The van der Waals surface area contributed by atoms with E-state index < -0.39 is 89.9 Å². The van der Waals surface area contributed by atoms with Crippen molar-refractivity contribution in [2.24, 2.45) is 11.5 Å². The van der Waals surface area contributed by atoms with Gasteiger partial charge in [-0.05, 0) is 59.4 Å². The van der Waals surface area contributed by atoms with Crippen molar-refractivity contribution < 1.29 is 53.0 Å². The number of phenols is 1. The highest BCUT2D eigenvalue weighted by atomic mass is 16.5.